The maximum absolute atomic E-state index is 12.3. The highest BCUT2D eigenvalue weighted by Gasteiger charge is 2.50. The van der Waals surface area contributed by atoms with E-state index in [1.165, 1.54) is 11.1 Å². The lowest BCUT2D eigenvalue weighted by Gasteiger charge is -2.17. The lowest BCUT2D eigenvalue weighted by Crippen LogP contribution is -2.31. The van der Waals surface area contributed by atoms with Crippen LogP contribution in [-0.4, -0.2) is 23.5 Å². The number of hydrogen-bond donors (Lipinski definition) is 1. The largest absolute Gasteiger partial charge is 0.481 e. The Kier molecular flexibility index (Phi) is 2.40. The van der Waals surface area contributed by atoms with Crippen molar-refractivity contribution in [3.05, 3.63) is 29.3 Å². The molecule has 1 heterocycles. The number of carbonyl (C=O) groups excluding carboxylic acids is 1. The molecule has 1 amide bonds. The van der Waals surface area contributed by atoms with Crippen LogP contribution < -0.4 is 4.90 Å². The first kappa shape index (κ1) is 11.3. The minimum atomic E-state index is -0.850. The third-order valence-electron chi connectivity index (χ3n) is 3.95. The third-order valence-corrected chi connectivity index (χ3v) is 3.95. The average Bonchev–Trinajstić information content (AvgIpc) is 3.02. The summed E-state index contributed by atoms with van der Waals surface area (Å²) in [7, 11) is 0. The predicted octanol–water partition coefficient (Wildman–Crippen LogP) is 1.60. The number of aliphatic carboxylic acids is 1. The lowest BCUT2D eigenvalue weighted by molar-refractivity contribution is -0.140. The Labute approximate surface area is 105 Å². The summed E-state index contributed by atoms with van der Waals surface area (Å²) in [5.41, 5.74) is 3.39. The maximum atomic E-state index is 12.3. The number of fused-ring (bicyclic) bond motifs is 1. The number of rotatable bonds is 2. The first-order valence-corrected chi connectivity index (χ1v) is 6.22. The van der Waals surface area contributed by atoms with Crippen molar-refractivity contribution in [2.75, 3.05) is 11.4 Å². The fourth-order valence-electron chi connectivity index (χ4n) is 2.78. The quantitative estimate of drug-likeness (QED) is 0.861. The number of carboxylic acid groups (broad SMARTS) is 1. The molecule has 1 aliphatic heterocycles. The van der Waals surface area contributed by atoms with Crippen molar-refractivity contribution in [3.63, 3.8) is 0 Å². The molecule has 1 aromatic carbocycles. The predicted molar refractivity (Wildman–Crippen MR) is 66.5 cm³/mol. The summed E-state index contributed by atoms with van der Waals surface area (Å²) in [4.78, 5) is 24.8. The van der Waals surface area contributed by atoms with Crippen LogP contribution in [0, 0.1) is 18.8 Å². The van der Waals surface area contributed by atoms with E-state index in [4.69, 9.17) is 5.11 Å². The minimum Gasteiger partial charge on any atom is -0.481 e. The number of anilines is 1. The van der Waals surface area contributed by atoms with Crippen LogP contribution in [0.2, 0.25) is 0 Å². The van der Waals surface area contributed by atoms with Gasteiger partial charge in [0.15, 0.2) is 0 Å². The van der Waals surface area contributed by atoms with Crippen molar-refractivity contribution in [2.24, 2.45) is 11.8 Å². The molecule has 0 spiro atoms. The van der Waals surface area contributed by atoms with Crippen LogP contribution in [-0.2, 0) is 16.0 Å². The number of amides is 1. The Morgan fingerprint density at radius 1 is 1.33 bits per heavy atom. The number of carbonyl (C=O) groups is 2. The molecule has 0 bridgehead atoms. The molecule has 2 aliphatic rings. The van der Waals surface area contributed by atoms with E-state index >= 15 is 0 Å². The van der Waals surface area contributed by atoms with Gasteiger partial charge in [0.1, 0.15) is 0 Å². The van der Waals surface area contributed by atoms with Gasteiger partial charge in [-0.15, -0.1) is 0 Å². The van der Waals surface area contributed by atoms with E-state index in [0.717, 1.165) is 12.1 Å². The van der Waals surface area contributed by atoms with Crippen LogP contribution >= 0.6 is 0 Å². The molecular weight excluding hydrogens is 230 g/mol. The van der Waals surface area contributed by atoms with Gasteiger partial charge < -0.3 is 10.0 Å². The van der Waals surface area contributed by atoms with Crippen LogP contribution in [0.15, 0.2) is 18.2 Å². The van der Waals surface area contributed by atoms with Gasteiger partial charge in [-0.2, -0.15) is 0 Å². The summed E-state index contributed by atoms with van der Waals surface area (Å²) in [5.74, 6) is -1.65. The minimum absolute atomic E-state index is 0.0215. The summed E-state index contributed by atoms with van der Waals surface area (Å²) in [5, 5.41) is 8.88. The Morgan fingerprint density at radius 2 is 2.11 bits per heavy atom. The Hall–Kier alpha value is -1.84. The van der Waals surface area contributed by atoms with E-state index in [9.17, 15) is 9.59 Å². The van der Waals surface area contributed by atoms with Gasteiger partial charge in [-0.05, 0) is 37.0 Å². The highest BCUT2D eigenvalue weighted by Crippen LogP contribution is 2.42. The molecule has 4 nitrogen and oxygen atoms in total. The Balaban J connectivity index is 1.83. The molecule has 94 valence electrons. The van der Waals surface area contributed by atoms with Gasteiger partial charge in [-0.1, -0.05) is 12.1 Å². The zero-order valence-electron chi connectivity index (χ0n) is 10.2. The smallest absolute Gasteiger partial charge is 0.307 e. The molecule has 2 atom stereocenters. The molecule has 0 aromatic heterocycles. The van der Waals surface area contributed by atoms with E-state index in [2.05, 4.69) is 0 Å². The molecule has 18 heavy (non-hydrogen) atoms. The van der Waals surface area contributed by atoms with Crippen molar-refractivity contribution in [1.29, 1.82) is 0 Å². The molecule has 1 N–H and O–H groups in total. The van der Waals surface area contributed by atoms with Gasteiger partial charge in [-0.25, -0.2) is 0 Å². The second-order valence-corrected chi connectivity index (χ2v) is 5.10. The summed E-state index contributed by atoms with van der Waals surface area (Å²) in [6.45, 7) is 2.73. The van der Waals surface area contributed by atoms with Crippen molar-refractivity contribution in [2.45, 2.75) is 19.8 Å². The molecule has 1 aromatic rings. The summed E-state index contributed by atoms with van der Waals surface area (Å²) in [6.07, 6.45) is 1.37. The fourth-order valence-corrected chi connectivity index (χ4v) is 2.78. The summed E-state index contributed by atoms with van der Waals surface area (Å²) >= 11 is 0. The van der Waals surface area contributed by atoms with Crippen molar-refractivity contribution >= 4 is 17.6 Å². The molecule has 0 radical (unpaired) electrons. The molecule has 1 fully saturated rings. The Bertz CT molecular complexity index is 538. The zero-order valence-corrected chi connectivity index (χ0v) is 10.2. The SMILES string of the molecule is Cc1cccc2c1CCN2C(=O)[C@@H]1C[C@H]1C(=O)O. The molecular formula is C14H15NO3. The first-order valence-electron chi connectivity index (χ1n) is 6.22. The van der Waals surface area contributed by atoms with Crippen LogP contribution in [0.1, 0.15) is 17.5 Å². The summed E-state index contributed by atoms with van der Waals surface area (Å²) in [6, 6.07) is 5.94. The second kappa shape index (κ2) is 3.83. The van der Waals surface area contributed by atoms with E-state index in [1.54, 1.807) is 4.90 Å². The van der Waals surface area contributed by atoms with Gasteiger partial charge in [0, 0.05) is 12.2 Å². The van der Waals surface area contributed by atoms with E-state index in [0.29, 0.717) is 13.0 Å². The van der Waals surface area contributed by atoms with Crippen LogP contribution in [0.25, 0.3) is 0 Å². The zero-order chi connectivity index (χ0) is 12.9. The highest BCUT2D eigenvalue weighted by atomic mass is 16.4. The number of carboxylic acids is 1. The summed E-state index contributed by atoms with van der Waals surface area (Å²) < 4.78 is 0. The second-order valence-electron chi connectivity index (χ2n) is 5.10. The van der Waals surface area contributed by atoms with Crippen molar-refractivity contribution < 1.29 is 14.7 Å². The van der Waals surface area contributed by atoms with E-state index in [-0.39, 0.29) is 11.8 Å². The number of aryl methyl sites for hydroxylation is 1. The molecule has 1 aliphatic carbocycles. The van der Waals surface area contributed by atoms with E-state index < -0.39 is 11.9 Å². The van der Waals surface area contributed by atoms with Crippen LogP contribution in [0.5, 0.6) is 0 Å². The highest BCUT2D eigenvalue weighted by molar-refractivity contribution is 6.01. The number of hydrogen-bond acceptors (Lipinski definition) is 2. The molecule has 0 unspecified atom stereocenters. The van der Waals surface area contributed by atoms with Crippen LogP contribution in [0.4, 0.5) is 5.69 Å². The fraction of sp³-hybridized carbons (Fsp3) is 0.429. The van der Waals surface area contributed by atoms with Crippen molar-refractivity contribution in [1.82, 2.24) is 0 Å². The van der Waals surface area contributed by atoms with Gasteiger partial charge in [-0.3, -0.25) is 9.59 Å². The Morgan fingerprint density at radius 3 is 2.78 bits per heavy atom. The third kappa shape index (κ3) is 1.60. The van der Waals surface area contributed by atoms with Crippen LogP contribution in [0.3, 0.4) is 0 Å². The standard InChI is InChI=1S/C14H15NO3/c1-8-3-2-4-12-9(8)5-6-15(12)13(16)10-7-11(10)14(17)18/h2-4,10-11H,5-7H2,1H3,(H,17,18)/t10-,11-/m1/s1. The number of benzene rings is 1. The van der Waals surface area contributed by atoms with Crippen molar-refractivity contribution in [3.8, 4) is 0 Å². The monoisotopic (exact) mass is 245 g/mol. The molecule has 4 heteroatoms. The van der Waals surface area contributed by atoms with Gasteiger partial charge in [0.25, 0.3) is 0 Å². The number of nitrogens with zero attached hydrogens (tertiary/aromatic N) is 1. The topological polar surface area (TPSA) is 57.6 Å². The average molecular weight is 245 g/mol. The molecule has 1 saturated carbocycles. The molecule has 0 saturated heterocycles. The van der Waals surface area contributed by atoms with Gasteiger partial charge >= 0.3 is 5.97 Å². The normalized spacial score (nSPS) is 24.8. The van der Waals surface area contributed by atoms with Gasteiger partial charge in [0.2, 0.25) is 5.91 Å². The first-order chi connectivity index (χ1) is 8.59. The van der Waals surface area contributed by atoms with E-state index in [1.807, 2.05) is 25.1 Å². The van der Waals surface area contributed by atoms with Gasteiger partial charge in [0.05, 0.1) is 11.8 Å². The lowest BCUT2D eigenvalue weighted by atomic mass is 10.1. The maximum Gasteiger partial charge on any atom is 0.307 e. The molecule has 3 rings (SSSR count).